The van der Waals surface area contributed by atoms with Crippen LogP contribution in [0.4, 0.5) is 11.4 Å². The van der Waals surface area contributed by atoms with Crippen molar-refractivity contribution in [3.05, 3.63) is 101 Å². The third kappa shape index (κ3) is 6.31. The lowest BCUT2D eigenvalue weighted by Crippen LogP contribution is -2.16. The van der Waals surface area contributed by atoms with Crippen LogP contribution in [0.1, 0.15) is 10.4 Å². The Labute approximate surface area is 258 Å². The molecule has 0 aliphatic heterocycles. The van der Waals surface area contributed by atoms with Crippen molar-refractivity contribution >= 4 is 61.4 Å². The number of para-hydroxylation sites is 1. The Morgan fingerprint density at radius 1 is 0.814 bits per heavy atom. The minimum Gasteiger partial charge on any atom is -0.493 e. The Morgan fingerprint density at radius 3 is 2.14 bits per heavy atom. The third-order valence-corrected chi connectivity index (χ3v) is 8.47. The number of anilines is 2. The quantitative estimate of drug-likeness (QED) is 0.174. The van der Waals surface area contributed by atoms with Gasteiger partial charge in [0.05, 0.1) is 53.7 Å². The maximum atomic E-state index is 13.7. The molecule has 5 rings (SSSR count). The van der Waals surface area contributed by atoms with Crippen molar-refractivity contribution in [1.82, 2.24) is 4.98 Å². The number of sulfonamides is 1. The molecule has 1 amide bonds. The SMILES string of the molecule is COc1cc(-c2cc(C(=O)Nc3cc(S(=O)(=O)Nc4ccc(Cl)cc4)ccc3Cl)c3ccccc3n2)cc(OC)c1OC. The van der Waals surface area contributed by atoms with Crippen LogP contribution in [0.2, 0.25) is 10.0 Å². The van der Waals surface area contributed by atoms with Crippen molar-refractivity contribution < 1.29 is 27.4 Å². The number of benzene rings is 4. The smallest absolute Gasteiger partial charge is 0.261 e. The molecule has 1 aromatic heterocycles. The van der Waals surface area contributed by atoms with Crippen molar-refractivity contribution in [2.24, 2.45) is 0 Å². The molecule has 0 fully saturated rings. The van der Waals surface area contributed by atoms with Crippen LogP contribution < -0.4 is 24.2 Å². The van der Waals surface area contributed by atoms with E-state index in [4.69, 9.17) is 42.4 Å². The van der Waals surface area contributed by atoms with Gasteiger partial charge in [-0.15, -0.1) is 0 Å². The summed E-state index contributed by atoms with van der Waals surface area (Å²) >= 11 is 12.3. The number of nitrogens with one attached hydrogen (secondary N) is 2. The van der Waals surface area contributed by atoms with E-state index in [0.717, 1.165) is 0 Å². The summed E-state index contributed by atoms with van der Waals surface area (Å²) in [4.78, 5) is 18.4. The molecular formula is C31H25Cl2N3O6S. The minimum absolute atomic E-state index is 0.0974. The molecule has 0 bridgehead atoms. The maximum Gasteiger partial charge on any atom is 0.261 e. The number of hydrogen-bond donors (Lipinski definition) is 2. The van der Waals surface area contributed by atoms with E-state index in [2.05, 4.69) is 10.0 Å². The Hall–Kier alpha value is -4.51. The van der Waals surface area contributed by atoms with E-state index in [1.165, 1.54) is 39.5 Å². The molecule has 1 heterocycles. The normalized spacial score (nSPS) is 11.2. The summed E-state index contributed by atoms with van der Waals surface area (Å²) in [5, 5.41) is 3.97. The summed E-state index contributed by atoms with van der Waals surface area (Å²) in [6, 6.07) is 22.5. The van der Waals surface area contributed by atoms with Crippen molar-refractivity contribution in [2.75, 3.05) is 31.4 Å². The van der Waals surface area contributed by atoms with Gasteiger partial charge < -0.3 is 19.5 Å². The van der Waals surface area contributed by atoms with Gasteiger partial charge in [-0.05, 0) is 66.7 Å². The van der Waals surface area contributed by atoms with Crippen LogP contribution >= 0.6 is 23.2 Å². The Balaban J connectivity index is 1.53. The first-order valence-corrected chi connectivity index (χ1v) is 15.0. The lowest BCUT2D eigenvalue weighted by Gasteiger charge is -2.15. The molecule has 0 aliphatic carbocycles. The number of hydrogen-bond acceptors (Lipinski definition) is 7. The van der Waals surface area contributed by atoms with E-state index in [9.17, 15) is 13.2 Å². The largest absolute Gasteiger partial charge is 0.493 e. The Bertz CT molecular complexity index is 1930. The number of carbonyl (C=O) groups excluding carboxylic acids is 1. The number of ether oxygens (including phenoxy) is 3. The second kappa shape index (κ2) is 12.4. The van der Waals surface area contributed by atoms with E-state index in [-0.39, 0.29) is 21.2 Å². The molecule has 5 aromatic rings. The molecule has 4 aromatic carbocycles. The number of pyridine rings is 1. The molecule has 9 nitrogen and oxygen atoms in total. The molecule has 0 radical (unpaired) electrons. The predicted molar refractivity (Wildman–Crippen MR) is 169 cm³/mol. The number of carbonyl (C=O) groups is 1. The van der Waals surface area contributed by atoms with Crippen LogP contribution in [-0.4, -0.2) is 40.6 Å². The van der Waals surface area contributed by atoms with Gasteiger partial charge in [-0.3, -0.25) is 9.52 Å². The van der Waals surface area contributed by atoms with Gasteiger partial charge >= 0.3 is 0 Å². The van der Waals surface area contributed by atoms with Gasteiger partial charge in [0.25, 0.3) is 15.9 Å². The van der Waals surface area contributed by atoms with Crippen molar-refractivity contribution in [2.45, 2.75) is 4.90 Å². The first kappa shape index (κ1) is 30.0. The number of methoxy groups -OCH3 is 3. The van der Waals surface area contributed by atoms with Crippen molar-refractivity contribution in [3.63, 3.8) is 0 Å². The molecule has 0 saturated carbocycles. The number of halogens is 2. The zero-order valence-corrected chi connectivity index (χ0v) is 25.5. The van der Waals surface area contributed by atoms with Gasteiger partial charge in [0.2, 0.25) is 5.75 Å². The molecule has 12 heteroatoms. The molecule has 0 unspecified atom stereocenters. The summed E-state index contributed by atoms with van der Waals surface area (Å²) in [6.45, 7) is 0. The Kier molecular flexibility index (Phi) is 8.63. The fourth-order valence-corrected chi connectivity index (χ4v) is 5.80. The molecule has 43 heavy (non-hydrogen) atoms. The van der Waals surface area contributed by atoms with Gasteiger partial charge in [0.15, 0.2) is 11.5 Å². The average Bonchev–Trinajstić information content (AvgIpc) is 3.01. The van der Waals surface area contributed by atoms with Crippen LogP contribution in [0.25, 0.3) is 22.2 Å². The van der Waals surface area contributed by atoms with Crippen LogP contribution in [0.5, 0.6) is 17.2 Å². The van der Waals surface area contributed by atoms with Crippen molar-refractivity contribution in [3.8, 4) is 28.5 Å². The Morgan fingerprint density at radius 2 is 1.49 bits per heavy atom. The monoisotopic (exact) mass is 637 g/mol. The summed E-state index contributed by atoms with van der Waals surface area (Å²) in [5.41, 5.74) is 2.38. The zero-order valence-electron chi connectivity index (χ0n) is 23.1. The van der Waals surface area contributed by atoms with E-state index in [1.807, 2.05) is 6.07 Å². The fraction of sp³-hybridized carbons (Fsp3) is 0.0968. The lowest BCUT2D eigenvalue weighted by atomic mass is 10.0. The molecule has 2 N–H and O–H groups in total. The van der Waals surface area contributed by atoms with Crippen LogP contribution in [0.3, 0.4) is 0 Å². The first-order chi connectivity index (χ1) is 20.6. The second-order valence-electron chi connectivity index (χ2n) is 9.19. The number of rotatable bonds is 9. The van der Waals surface area contributed by atoms with Gasteiger partial charge in [-0.1, -0.05) is 41.4 Å². The van der Waals surface area contributed by atoms with E-state index < -0.39 is 15.9 Å². The first-order valence-electron chi connectivity index (χ1n) is 12.7. The van der Waals surface area contributed by atoms with Crippen LogP contribution in [0.15, 0.2) is 89.8 Å². The second-order valence-corrected chi connectivity index (χ2v) is 11.7. The van der Waals surface area contributed by atoms with Crippen molar-refractivity contribution in [1.29, 1.82) is 0 Å². The third-order valence-electron chi connectivity index (χ3n) is 6.51. The van der Waals surface area contributed by atoms with Crippen LogP contribution in [0, 0.1) is 0 Å². The maximum absolute atomic E-state index is 13.7. The van der Waals surface area contributed by atoms with Gasteiger partial charge in [0, 0.05) is 21.7 Å². The highest BCUT2D eigenvalue weighted by Gasteiger charge is 2.21. The number of amides is 1. The highest BCUT2D eigenvalue weighted by molar-refractivity contribution is 7.92. The molecular weight excluding hydrogens is 613 g/mol. The summed E-state index contributed by atoms with van der Waals surface area (Å²) in [7, 11) is 0.522. The van der Waals surface area contributed by atoms with E-state index in [1.54, 1.807) is 60.7 Å². The molecule has 220 valence electrons. The standard InChI is InChI=1S/C31H25Cl2N3O6S/c1-40-28-14-18(15-29(41-2)30(28)42-3)26-17-23(22-6-4-5-7-25(22)34-26)31(37)35-27-16-21(12-13-24(27)33)43(38,39)36-20-10-8-19(32)9-11-20/h4-17,36H,1-3H3,(H,35,37). The van der Waals surface area contributed by atoms with Gasteiger partial charge in [-0.2, -0.15) is 0 Å². The summed E-state index contributed by atoms with van der Waals surface area (Å²) < 4.78 is 45.1. The van der Waals surface area contributed by atoms with E-state index >= 15 is 0 Å². The number of fused-ring (bicyclic) bond motifs is 1. The average molecular weight is 639 g/mol. The zero-order chi connectivity index (χ0) is 30.7. The van der Waals surface area contributed by atoms with Gasteiger partial charge in [0.1, 0.15) is 0 Å². The van der Waals surface area contributed by atoms with E-state index in [0.29, 0.717) is 50.1 Å². The molecule has 0 atom stereocenters. The molecule has 0 spiro atoms. The minimum atomic E-state index is -4.01. The molecule has 0 saturated heterocycles. The topological polar surface area (TPSA) is 116 Å². The number of aromatic nitrogens is 1. The van der Waals surface area contributed by atoms with Crippen LogP contribution in [-0.2, 0) is 10.0 Å². The highest BCUT2D eigenvalue weighted by atomic mass is 35.5. The summed E-state index contributed by atoms with van der Waals surface area (Å²) in [5.74, 6) is 0.751. The fourth-order valence-electron chi connectivity index (χ4n) is 4.43. The predicted octanol–water partition coefficient (Wildman–Crippen LogP) is 7.29. The highest BCUT2D eigenvalue weighted by Crippen LogP contribution is 2.41. The molecule has 0 aliphatic rings. The van der Waals surface area contributed by atoms with Gasteiger partial charge in [-0.25, -0.2) is 13.4 Å². The lowest BCUT2D eigenvalue weighted by molar-refractivity contribution is 0.102. The summed E-state index contributed by atoms with van der Waals surface area (Å²) in [6.07, 6.45) is 0. The number of nitrogens with zero attached hydrogens (tertiary/aromatic N) is 1.